The highest BCUT2D eigenvalue weighted by Crippen LogP contribution is 2.55. The van der Waals surface area contributed by atoms with Crippen LogP contribution in [0.5, 0.6) is 34.5 Å². The summed E-state index contributed by atoms with van der Waals surface area (Å²) in [5, 5.41) is 0. The zero-order valence-corrected chi connectivity index (χ0v) is 23.1. The lowest BCUT2D eigenvalue weighted by atomic mass is 9.85. The first-order valence-corrected chi connectivity index (χ1v) is 13.1. The second-order valence-electron chi connectivity index (χ2n) is 11.2. The molecule has 0 spiro atoms. The smallest absolute Gasteiger partial charge is 0.343 e. The van der Waals surface area contributed by atoms with Gasteiger partial charge >= 0.3 is 5.97 Å². The molecule has 0 saturated heterocycles. The van der Waals surface area contributed by atoms with E-state index in [1.807, 2.05) is 49.5 Å². The Balaban J connectivity index is 1.43. The molecule has 3 aromatic carbocycles. The lowest BCUT2D eigenvalue weighted by Crippen LogP contribution is -2.36. The van der Waals surface area contributed by atoms with E-state index in [0.717, 1.165) is 29.7 Å². The lowest BCUT2D eigenvalue weighted by Gasteiger charge is -2.38. The Morgan fingerprint density at radius 2 is 1.74 bits per heavy atom. The number of rotatable bonds is 5. The van der Waals surface area contributed by atoms with E-state index in [9.17, 15) is 4.79 Å². The monoisotopic (exact) mass is 531 g/mol. The van der Waals surface area contributed by atoms with E-state index in [2.05, 4.69) is 25.7 Å². The van der Waals surface area contributed by atoms with Crippen LogP contribution in [-0.4, -0.2) is 45.5 Å². The fraction of sp³-hybridized carbons (Fsp3) is 0.387. The third-order valence-corrected chi connectivity index (χ3v) is 7.80. The number of nitrogens with zero attached hydrogens (tertiary/aromatic N) is 1. The molecule has 0 aromatic heterocycles. The van der Waals surface area contributed by atoms with Crippen molar-refractivity contribution in [3.8, 4) is 34.5 Å². The molecule has 39 heavy (non-hydrogen) atoms. The Morgan fingerprint density at radius 3 is 2.44 bits per heavy atom. The number of hydrogen-bond acceptors (Lipinski definition) is 8. The summed E-state index contributed by atoms with van der Waals surface area (Å²) < 4.78 is 35.3. The number of benzene rings is 3. The fourth-order valence-electron chi connectivity index (χ4n) is 5.75. The van der Waals surface area contributed by atoms with Crippen molar-refractivity contribution in [2.24, 2.45) is 0 Å². The molecule has 0 N–H and O–H groups in total. The molecule has 204 valence electrons. The number of likely N-dealkylation sites (N-methyl/N-ethyl adjacent to an activating group) is 1. The van der Waals surface area contributed by atoms with Crippen LogP contribution < -0.4 is 23.7 Å². The summed E-state index contributed by atoms with van der Waals surface area (Å²) in [4.78, 5) is 15.7. The van der Waals surface area contributed by atoms with E-state index in [-0.39, 0.29) is 18.2 Å². The molecular weight excluding hydrogens is 498 g/mol. The van der Waals surface area contributed by atoms with Crippen molar-refractivity contribution in [1.29, 1.82) is 0 Å². The number of ether oxygens (including phenoxy) is 6. The Kier molecular flexibility index (Phi) is 6.10. The van der Waals surface area contributed by atoms with Gasteiger partial charge in [0.15, 0.2) is 23.0 Å². The van der Waals surface area contributed by atoms with Crippen molar-refractivity contribution in [1.82, 2.24) is 4.90 Å². The van der Waals surface area contributed by atoms with Gasteiger partial charge < -0.3 is 28.4 Å². The molecule has 2 atom stereocenters. The van der Waals surface area contributed by atoms with Crippen molar-refractivity contribution in [3.05, 3.63) is 70.3 Å². The van der Waals surface area contributed by atoms with Crippen molar-refractivity contribution >= 4 is 5.97 Å². The van der Waals surface area contributed by atoms with Crippen LogP contribution in [0, 0.1) is 0 Å². The molecule has 6 rings (SSSR count). The maximum absolute atomic E-state index is 13.5. The van der Waals surface area contributed by atoms with Gasteiger partial charge in [0.25, 0.3) is 0 Å². The summed E-state index contributed by atoms with van der Waals surface area (Å²) in [6, 6.07) is 13.3. The van der Waals surface area contributed by atoms with E-state index in [0.29, 0.717) is 40.1 Å². The summed E-state index contributed by atoms with van der Waals surface area (Å²) >= 11 is 0. The molecule has 8 nitrogen and oxygen atoms in total. The van der Waals surface area contributed by atoms with Crippen LogP contribution in [0.2, 0.25) is 0 Å². The number of methoxy groups -OCH3 is 2. The minimum atomic E-state index is -0.581. The quantitative estimate of drug-likeness (QED) is 0.373. The van der Waals surface area contributed by atoms with Gasteiger partial charge in [-0.3, -0.25) is 4.90 Å². The average molecular weight is 532 g/mol. The SMILES string of the molecule is COc1ccc2c(c1Oc1ccc(C(C)(C)C)cc1)C(=O)O[C@@H]2[C@H]1c2c(cc3c(c2OC)OCO3)CCN1C. The maximum Gasteiger partial charge on any atom is 0.343 e. The molecular formula is C31H33NO7. The van der Waals surface area contributed by atoms with E-state index in [1.54, 1.807) is 14.2 Å². The van der Waals surface area contributed by atoms with Gasteiger partial charge in [-0.25, -0.2) is 4.79 Å². The minimum absolute atomic E-state index is 0.0158. The molecule has 3 aliphatic heterocycles. The van der Waals surface area contributed by atoms with Gasteiger partial charge in [0.1, 0.15) is 17.4 Å². The highest BCUT2D eigenvalue weighted by molar-refractivity contribution is 5.98. The second kappa shape index (κ2) is 9.38. The highest BCUT2D eigenvalue weighted by atomic mass is 16.7. The lowest BCUT2D eigenvalue weighted by molar-refractivity contribution is 0.00875. The molecule has 3 heterocycles. The van der Waals surface area contributed by atoms with Crippen molar-refractivity contribution in [3.63, 3.8) is 0 Å². The Morgan fingerprint density at radius 1 is 0.974 bits per heavy atom. The first-order valence-electron chi connectivity index (χ1n) is 13.1. The minimum Gasteiger partial charge on any atom is -0.493 e. The maximum atomic E-state index is 13.5. The molecule has 0 unspecified atom stereocenters. The Labute approximate surface area is 228 Å². The van der Waals surface area contributed by atoms with Crippen LogP contribution in [-0.2, 0) is 16.6 Å². The molecule has 0 fully saturated rings. The zero-order chi connectivity index (χ0) is 27.5. The molecule has 0 saturated carbocycles. The average Bonchev–Trinajstić information content (AvgIpc) is 3.51. The summed E-state index contributed by atoms with van der Waals surface area (Å²) in [6.07, 6.45) is 0.229. The molecule has 0 radical (unpaired) electrons. The van der Waals surface area contributed by atoms with Crippen LogP contribution in [0.3, 0.4) is 0 Å². The van der Waals surface area contributed by atoms with Gasteiger partial charge in [-0.05, 0) is 54.3 Å². The van der Waals surface area contributed by atoms with Gasteiger partial charge in [0.05, 0.1) is 20.3 Å². The second-order valence-corrected chi connectivity index (χ2v) is 11.2. The molecule has 8 heteroatoms. The van der Waals surface area contributed by atoms with E-state index >= 15 is 0 Å². The standard InChI is InChI=1S/C31H33NO7/c1-31(2,3)18-7-9-19(10-8-18)38-27-21(34-5)12-11-20-24(27)30(33)39-26(20)25-23-17(13-14-32(25)4)15-22-28(29(23)35-6)37-16-36-22/h7-12,15,25-26H,13-14,16H2,1-6H3/t25-,26+/m1/s1. The molecule has 0 aliphatic carbocycles. The third kappa shape index (κ3) is 4.14. The Bertz CT molecular complexity index is 1440. The number of carbonyl (C=O) groups excluding carboxylic acids is 1. The van der Waals surface area contributed by atoms with Crippen molar-refractivity contribution in [2.45, 2.75) is 44.8 Å². The van der Waals surface area contributed by atoms with Crippen LogP contribution in [0.1, 0.15) is 65.5 Å². The number of esters is 1. The summed E-state index contributed by atoms with van der Waals surface area (Å²) in [5.41, 5.74) is 4.35. The summed E-state index contributed by atoms with van der Waals surface area (Å²) in [5.74, 6) is 2.85. The van der Waals surface area contributed by atoms with Gasteiger partial charge in [-0.1, -0.05) is 39.0 Å². The predicted molar refractivity (Wildman–Crippen MR) is 145 cm³/mol. The van der Waals surface area contributed by atoms with E-state index in [1.165, 1.54) is 5.56 Å². The predicted octanol–water partition coefficient (Wildman–Crippen LogP) is 5.96. The van der Waals surface area contributed by atoms with Gasteiger partial charge in [-0.15, -0.1) is 0 Å². The van der Waals surface area contributed by atoms with Crippen LogP contribution in [0.4, 0.5) is 0 Å². The summed E-state index contributed by atoms with van der Waals surface area (Å²) in [6.45, 7) is 7.41. The Hall–Kier alpha value is -3.91. The number of hydrogen-bond donors (Lipinski definition) is 0. The fourth-order valence-corrected chi connectivity index (χ4v) is 5.75. The zero-order valence-electron chi connectivity index (χ0n) is 23.1. The molecule has 0 amide bonds. The van der Waals surface area contributed by atoms with Crippen molar-refractivity contribution < 1.29 is 33.2 Å². The van der Waals surface area contributed by atoms with Crippen LogP contribution >= 0.6 is 0 Å². The first-order chi connectivity index (χ1) is 18.7. The molecule has 3 aliphatic rings. The van der Waals surface area contributed by atoms with Crippen LogP contribution in [0.15, 0.2) is 42.5 Å². The van der Waals surface area contributed by atoms with Crippen molar-refractivity contribution in [2.75, 3.05) is 34.6 Å². The first kappa shape index (κ1) is 25.4. The topological polar surface area (TPSA) is 75.7 Å². The molecule has 0 bridgehead atoms. The number of cyclic esters (lactones) is 1. The van der Waals surface area contributed by atoms with Gasteiger partial charge in [0, 0.05) is 17.7 Å². The third-order valence-electron chi connectivity index (χ3n) is 7.80. The van der Waals surface area contributed by atoms with E-state index < -0.39 is 12.1 Å². The largest absolute Gasteiger partial charge is 0.493 e. The van der Waals surface area contributed by atoms with Crippen LogP contribution in [0.25, 0.3) is 0 Å². The number of carbonyl (C=O) groups is 1. The van der Waals surface area contributed by atoms with E-state index in [4.69, 9.17) is 28.4 Å². The normalized spacial score (nSPS) is 19.8. The number of fused-ring (bicyclic) bond motifs is 3. The highest BCUT2D eigenvalue weighted by Gasteiger charge is 2.46. The summed E-state index contributed by atoms with van der Waals surface area (Å²) in [7, 11) is 5.22. The molecule has 3 aromatic rings. The van der Waals surface area contributed by atoms with Gasteiger partial charge in [-0.2, -0.15) is 0 Å². The van der Waals surface area contributed by atoms with Gasteiger partial charge in [0.2, 0.25) is 12.5 Å².